The van der Waals surface area contributed by atoms with Crippen LogP contribution in [0.3, 0.4) is 0 Å². The van der Waals surface area contributed by atoms with Crippen LogP contribution in [-0.2, 0) is 28.6 Å². The number of esters is 2. The van der Waals surface area contributed by atoms with Gasteiger partial charge in [0.15, 0.2) is 0 Å². The molecule has 48 heavy (non-hydrogen) atoms. The van der Waals surface area contributed by atoms with Gasteiger partial charge in [0.1, 0.15) is 35.3 Å². The van der Waals surface area contributed by atoms with Gasteiger partial charge < -0.3 is 29.3 Å². The molecular formula is C37H49AcNO9. The number of terminal acetylenes is 1. The Kier molecular flexibility index (Phi) is 10.9. The first-order valence-corrected chi connectivity index (χ1v) is 16.4. The molecule has 4 aliphatic rings. The Bertz CT molecular complexity index is 1520. The fourth-order valence-corrected chi connectivity index (χ4v) is 9.08. The molecule has 3 N–H and O–H groups in total. The minimum Gasteiger partial charge on any atom is -0.457 e. The average molecular weight is 879 g/mol. The molecule has 1 heterocycles. The monoisotopic (exact) mass is 878 g/mol. The Labute approximate surface area is 319 Å². The van der Waals surface area contributed by atoms with Gasteiger partial charge in [-0.3, -0.25) is 9.59 Å². The van der Waals surface area contributed by atoms with Crippen LogP contribution in [0.25, 0.3) is 0 Å². The number of carbonyl (C=O) groups excluding carboxylic acids is 3. The Balaban J connectivity index is 0.00000520. The van der Waals surface area contributed by atoms with Crippen molar-refractivity contribution < 1.29 is 87.7 Å². The predicted octanol–water partition coefficient (Wildman–Crippen LogP) is 4.14. The van der Waals surface area contributed by atoms with Crippen molar-refractivity contribution in [3.8, 4) is 12.5 Å². The van der Waals surface area contributed by atoms with E-state index in [2.05, 4.69) is 5.48 Å². The molecule has 1 aromatic carbocycles. The van der Waals surface area contributed by atoms with Crippen molar-refractivity contribution in [2.75, 3.05) is 6.61 Å². The van der Waals surface area contributed by atoms with Crippen LogP contribution < -0.4 is 5.48 Å². The van der Waals surface area contributed by atoms with Gasteiger partial charge in [-0.2, -0.15) is 0 Å². The maximum Gasteiger partial charge on any atom is 0.338 e. The van der Waals surface area contributed by atoms with Crippen molar-refractivity contribution in [3.05, 3.63) is 47.0 Å². The number of aliphatic hydroxyl groups is 2. The molecule has 5 rings (SSSR count). The molecule has 2 saturated carbocycles. The molecule has 1 saturated heterocycles. The first kappa shape index (κ1) is 39.0. The van der Waals surface area contributed by atoms with Gasteiger partial charge in [0.25, 0.3) is 0 Å². The molecular weight excluding hydrogens is 829 g/mol. The summed E-state index contributed by atoms with van der Waals surface area (Å²) >= 11 is 0. The second-order valence-electron chi connectivity index (χ2n) is 15.5. The van der Waals surface area contributed by atoms with E-state index < -0.39 is 81.5 Å². The Hall–Kier alpha value is -1.79. The number of hydroxylamine groups is 1. The van der Waals surface area contributed by atoms with Gasteiger partial charge in [-0.25, -0.2) is 4.79 Å². The minimum absolute atomic E-state index is 0. The minimum atomic E-state index is -1.90. The van der Waals surface area contributed by atoms with E-state index in [1.807, 2.05) is 54.6 Å². The number of nitrogens with one attached hydrogen (secondary N) is 1. The van der Waals surface area contributed by atoms with Gasteiger partial charge in [0.05, 0.1) is 30.2 Å². The molecule has 6 unspecified atom stereocenters. The summed E-state index contributed by atoms with van der Waals surface area (Å²) in [6, 6.07) is 7.92. The predicted molar refractivity (Wildman–Crippen MR) is 172 cm³/mol. The van der Waals surface area contributed by atoms with Crippen molar-refractivity contribution in [1.82, 2.24) is 5.48 Å². The molecule has 1 aliphatic heterocycles. The average Bonchev–Trinajstić information content (AvgIpc) is 3.02. The molecule has 0 spiro atoms. The summed E-state index contributed by atoms with van der Waals surface area (Å²) in [7, 11) is 0. The van der Waals surface area contributed by atoms with Crippen molar-refractivity contribution in [2.24, 2.45) is 34.0 Å². The molecule has 10 nitrogen and oxygen atoms in total. The van der Waals surface area contributed by atoms with Crippen LogP contribution in [0, 0.1) is 90.6 Å². The maximum atomic E-state index is 15.1. The number of fused-ring (bicyclic) bond motifs is 5. The van der Waals surface area contributed by atoms with Crippen LogP contribution in [0.1, 0.15) is 85.5 Å². The van der Waals surface area contributed by atoms with Crippen LogP contribution in [0.15, 0.2) is 41.5 Å². The quantitative estimate of drug-likeness (QED) is 0.159. The fraction of sp³-hybridized carbons (Fsp3) is 0.649. The fourth-order valence-electron chi connectivity index (χ4n) is 9.08. The normalized spacial score (nSPS) is 37.4. The van der Waals surface area contributed by atoms with E-state index in [1.54, 1.807) is 44.2 Å². The Morgan fingerprint density at radius 1 is 1.06 bits per heavy atom. The third-order valence-corrected chi connectivity index (χ3v) is 12.5. The molecule has 1 radical (unpaired) electrons. The molecule has 2 bridgehead atoms. The van der Waals surface area contributed by atoms with Gasteiger partial charge in [-0.1, -0.05) is 73.1 Å². The van der Waals surface area contributed by atoms with Gasteiger partial charge in [-0.05, 0) is 49.0 Å². The van der Waals surface area contributed by atoms with Crippen molar-refractivity contribution in [1.29, 1.82) is 0 Å². The Morgan fingerprint density at radius 2 is 1.69 bits per heavy atom. The zero-order chi connectivity index (χ0) is 34.9. The molecule has 0 amide bonds. The van der Waals surface area contributed by atoms with Gasteiger partial charge in [0.2, 0.25) is 0 Å². The molecule has 11 heteroatoms. The molecule has 3 aliphatic carbocycles. The number of hydrogen-bond acceptors (Lipinski definition) is 10. The zero-order valence-electron chi connectivity index (χ0n) is 29.5. The number of carbonyl (C=O) groups is 3. The third-order valence-electron chi connectivity index (χ3n) is 12.5. The van der Waals surface area contributed by atoms with Gasteiger partial charge in [-0.15, -0.1) is 5.48 Å². The van der Waals surface area contributed by atoms with Crippen molar-refractivity contribution in [3.63, 3.8) is 0 Å². The largest absolute Gasteiger partial charge is 0.457 e. The van der Waals surface area contributed by atoms with Crippen LogP contribution in [0.5, 0.6) is 0 Å². The SMILES string of the molecule is C#CONC(C)[C@@H](C)C(=O)OC1CC2(O)C(OC(=O)c3ccccc3)C3[C@]4(O)COC4CC(C)(C)[C@@]3(C)C(=O)[C@H](C)C(=C1C)C2(C)C.[Ac]. The van der Waals surface area contributed by atoms with E-state index in [0.717, 1.165) is 0 Å². The number of ketones is 1. The topological polar surface area (TPSA) is 141 Å². The first-order valence-electron chi connectivity index (χ1n) is 16.4. The summed E-state index contributed by atoms with van der Waals surface area (Å²) in [5.74, 6) is -3.88. The van der Waals surface area contributed by atoms with E-state index in [9.17, 15) is 19.8 Å². The number of rotatable bonds is 7. The number of benzene rings is 1. The summed E-state index contributed by atoms with van der Waals surface area (Å²) < 4.78 is 18.5. The standard InChI is InChI=1S/C37H49NO9.Ac/c1-11-45-38-23(5)20(2)31(40)46-25-17-37(43)30(47-32(41)24-15-13-12-14-16-24)28-35(10,33(6,7)18-26-36(28,42)19-44-26)29(39)22(4)27(21(25)3)34(37,8)9;/h1,12-16,20,22-23,25-26,28,30,38,42-43H,17-19H2,2-10H3;/t20-,22-,23?,25?,26?,28?,30?,35-,36+,37?;/m1./s1. The molecule has 3 fully saturated rings. The van der Waals surface area contributed by atoms with Crippen molar-refractivity contribution in [2.45, 2.75) is 111 Å². The maximum absolute atomic E-state index is 15.1. The molecule has 1 aromatic rings. The number of hydrogen-bond donors (Lipinski definition) is 3. The van der Waals surface area contributed by atoms with E-state index in [0.29, 0.717) is 17.6 Å². The summed E-state index contributed by atoms with van der Waals surface area (Å²) in [4.78, 5) is 47.4. The summed E-state index contributed by atoms with van der Waals surface area (Å²) in [5, 5.41) is 25.7. The smallest absolute Gasteiger partial charge is 0.338 e. The first-order chi connectivity index (χ1) is 21.8. The Morgan fingerprint density at radius 3 is 2.25 bits per heavy atom. The third kappa shape index (κ3) is 5.71. The van der Waals surface area contributed by atoms with Crippen LogP contribution in [-0.4, -0.2) is 70.1 Å². The van der Waals surface area contributed by atoms with Gasteiger partial charge >= 0.3 is 11.9 Å². The van der Waals surface area contributed by atoms with Crippen molar-refractivity contribution >= 4 is 17.7 Å². The van der Waals surface area contributed by atoms with Crippen LogP contribution >= 0.6 is 0 Å². The van der Waals surface area contributed by atoms with E-state index in [4.69, 9.17) is 25.5 Å². The summed E-state index contributed by atoms with van der Waals surface area (Å²) in [5.41, 5.74) is -2.44. The summed E-state index contributed by atoms with van der Waals surface area (Å²) in [6.45, 7) is 16.4. The second-order valence-corrected chi connectivity index (χ2v) is 15.5. The van der Waals surface area contributed by atoms with E-state index in [1.165, 1.54) is 0 Å². The van der Waals surface area contributed by atoms with Gasteiger partial charge in [0, 0.05) is 73.1 Å². The molecule has 10 atom stereocenters. The molecule has 259 valence electrons. The zero-order valence-corrected chi connectivity index (χ0v) is 34.2. The second kappa shape index (κ2) is 13.4. The number of ether oxygens (including phenoxy) is 3. The van der Waals surface area contributed by atoms with Crippen LogP contribution in [0.2, 0.25) is 0 Å². The van der Waals surface area contributed by atoms with E-state index >= 15 is 4.79 Å². The number of Topliss-reactive ketones (excluding diaryl/α,β-unsaturated/α-hetero) is 1. The molecule has 0 aromatic heterocycles. The van der Waals surface area contributed by atoms with E-state index in [-0.39, 0.29) is 68.4 Å². The summed E-state index contributed by atoms with van der Waals surface area (Å²) in [6.07, 6.45) is 4.48. The van der Waals surface area contributed by atoms with Crippen LogP contribution in [0.4, 0.5) is 0 Å².